The van der Waals surface area contributed by atoms with Crippen LogP contribution in [0.5, 0.6) is 0 Å². The van der Waals surface area contributed by atoms with E-state index in [1.807, 2.05) is 0 Å². The van der Waals surface area contributed by atoms with Crippen LogP contribution in [0.15, 0.2) is 41.0 Å². The van der Waals surface area contributed by atoms with Gasteiger partial charge in [0.25, 0.3) is 5.91 Å². The van der Waals surface area contributed by atoms with Crippen LogP contribution >= 0.6 is 11.3 Å². The van der Waals surface area contributed by atoms with Gasteiger partial charge in [-0.05, 0) is 24.3 Å². The van der Waals surface area contributed by atoms with Gasteiger partial charge in [0.15, 0.2) is 0 Å². The molecule has 2 aromatic heterocycles. The number of nitrogens with one attached hydrogen (secondary N) is 1. The fourth-order valence-corrected chi connectivity index (χ4v) is 3.62. The van der Waals surface area contributed by atoms with Gasteiger partial charge >= 0.3 is 0 Å². The SMILES string of the molecule is COCc1c(C(=O)NCC(O)c2ccco2)sc2cccc(F)c12. The average Bonchev–Trinajstić information content (AvgIpc) is 3.21. The average molecular weight is 349 g/mol. The number of thiophene rings is 1. The summed E-state index contributed by atoms with van der Waals surface area (Å²) in [6.07, 6.45) is 0.507. The summed E-state index contributed by atoms with van der Waals surface area (Å²) in [6.45, 7) is 0.125. The predicted octanol–water partition coefficient (Wildman–Crippen LogP) is 3.24. The number of carbonyl (C=O) groups is 1. The van der Waals surface area contributed by atoms with Crippen LogP contribution in [-0.4, -0.2) is 24.7 Å². The molecule has 0 spiro atoms. The zero-order chi connectivity index (χ0) is 17.1. The highest BCUT2D eigenvalue weighted by molar-refractivity contribution is 7.21. The lowest BCUT2D eigenvalue weighted by Crippen LogP contribution is -2.28. The predicted molar refractivity (Wildman–Crippen MR) is 88.5 cm³/mol. The van der Waals surface area contributed by atoms with E-state index in [1.165, 1.54) is 30.8 Å². The lowest BCUT2D eigenvalue weighted by Gasteiger charge is -2.10. The van der Waals surface area contributed by atoms with Crippen molar-refractivity contribution in [3.8, 4) is 0 Å². The summed E-state index contributed by atoms with van der Waals surface area (Å²) in [4.78, 5) is 12.9. The molecule has 2 N–H and O–H groups in total. The van der Waals surface area contributed by atoms with Crippen LogP contribution in [0.4, 0.5) is 4.39 Å². The van der Waals surface area contributed by atoms with E-state index >= 15 is 0 Å². The van der Waals surface area contributed by atoms with Crippen molar-refractivity contribution < 1.29 is 23.4 Å². The lowest BCUT2D eigenvalue weighted by atomic mass is 10.1. The minimum Gasteiger partial charge on any atom is -0.467 e. The zero-order valence-electron chi connectivity index (χ0n) is 12.9. The maximum Gasteiger partial charge on any atom is 0.261 e. The van der Waals surface area contributed by atoms with Crippen molar-refractivity contribution in [1.82, 2.24) is 5.32 Å². The third-order valence-electron chi connectivity index (χ3n) is 3.59. The molecule has 3 aromatic rings. The van der Waals surface area contributed by atoms with Crippen LogP contribution in [0.25, 0.3) is 10.1 Å². The van der Waals surface area contributed by atoms with Gasteiger partial charge in [0.05, 0.1) is 24.3 Å². The molecule has 5 nitrogen and oxygen atoms in total. The minimum atomic E-state index is -0.944. The first-order valence-electron chi connectivity index (χ1n) is 7.30. The van der Waals surface area contributed by atoms with E-state index in [9.17, 15) is 14.3 Å². The Morgan fingerprint density at radius 3 is 2.96 bits per heavy atom. The van der Waals surface area contributed by atoms with E-state index in [0.717, 1.165) is 0 Å². The standard InChI is InChI=1S/C17H16FNO4S/c1-22-9-10-15-11(18)4-2-6-14(15)24-16(10)17(21)19-8-12(20)13-5-3-7-23-13/h2-7,12,20H,8-9H2,1H3,(H,19,21). The maximum absolute atomic E-state index is 14.1. The molecule has 126 valence electrons. The normalized spacial score (nSPS) is 12.5. The summed E-state index contributed by atoms with van der Waals surface area (Å²) >= 11 is 1.20. The molecule has 24 heavy (non-hydrogen) atoms. The number of carbonyl (C=O) groups excluding carboxylic acids is 1. The molecule has 3 rings (SSSR count). The quantitative estimate of drug-likeness (QED) is 0.717. The van der Waals surface area contributed by atoms with Crippen molar-refractivity contribution in [1.29, 1.82) is 0 Å². The summed E-state index contributed by atoms with van der Waals surface area (Å²) in [5.74, 6) is -0.395. The fraction of sp³-hybridized carbons (Fsp3) is 0.235. The number of benzene rings is 1. The Morgan fingerprint density at radius 2 is 2.25 bits per heavy atom. The minimum absolute atomic E-state index is 0.00447. The number of rotatable bonds is 6. The Hall–Kier alpha value is -2.22. The molecule has 7 heteroatoms. The second kappa shape index (κ2) is 7.12. The Kier molecular flexibility index (Phi) is 4.94. The van der Waals surface area contributed by atoms with Gasteiger partial charge in [-0.2, -0.15) is 0 Å². The van der Waals surface area contributed by atoms with Gasteiger partial charge in [0.2, 0.25) is 0 Å². The summed E-state index contributed by atoms with van der Waals surface area (Å²) in [5.41, 5.74) is 0.514. The highest BCUT2D eigenvalue weighted by Crippen LogP contribution is 2.33. The number of methoxy groups -OCH3 is 1. The first-order valence-corrected chi connectivity index (χ1v) is 8.12. The highest BCUT2D eigenvalue weighted by Gasteiger charge is 2.21. The number of aliphatic hydroxyl groups is 1. The number of hydrogen-bond donors (Lipinski definition) is 2. The third kappa shape index (κ3) is 3.19. The van der Waals surface area contributed by atoms with Crippen molar-refractivity contribution in [3.05, 3.63) is 58.6 Å². The number of hydrogen-bond acceptors (Lipinski definition) is 5. The number of ether oxygens (including phenoxy) is 1. The molecule has 1 amide bonds. The molecule has 1 atom stereocenters. The van der Waals surface area contributed by atoms with Crippen LogP contribution in [0.2, 0.25) is 0 Å². The highest BCUT2D eigenvalue weighted by atomic mass is 32.1. The van der Waals surface area contributed by atoms with Crippen molar-refractivity contribution >= 4 is 27.3 Å². The van der Waals surface area contributed by atoms with E-state index in [2.05, 4.69) is 5.32 Å². The molecular formula is C17H16FNO4S. The van der Waals surface area contributed by atoms with E-state index < -0.39 is 6.10 Å². The molecule has 1 aromatic carbocycles. The Balaban J connectivity index is 1.84. The topological polar surface area (TPSA) is 71.7 Å². The molecule has 0 aliphatic heterocycles. The maximum atomic E-state index is 14.1. The molecular weight excluding hydrogens is 333 g/mol. The number of amides is 1. The third-order valence-corrected chi connectivity index (χ3v) is 4.78. The van der Waals surface area contributed by atoms with Crippen molar-refractivity contribution in [3.63, 3.8) is 0 Å². The van der Waals surface area contributed by atoms with Crippen LogP contribution in [0, 0.1) is 5.82 Å². The van der Waals surface area contributed by atoms with Crippen LogP contribution in [0.1, 0.15) is 27.1 Å². The number of fused-ring (bicyclic) bond motifs is 1. The van der Waals surface area contributed by atoms with Gasteiger partial charge in [-0.1, -0.05) is 6.07 Å². The van der Waals surface area contributed by atoms with Gasteiger partial charge in [0.1, 0.15) is 17.7 Å². The zero-order valence-corrected chi connectivity index (χ0v) is 13.7. The Labute approximate surface area is 141 Å². The van der Waals surface area contributed by atoms with Gasteiger partial charge in [0, 0.05) is 22.8 Å². The molecule has 0 saturated carbocycles. The second-order valence-corrected chi connectivity index (χ2v) is 6.25. The molecule has 0 saturated heterocycles. The molecule has 0 aliphatic carbocycles. The Bertz CT molecular complexity index is 844. The summed E-state index contributed by atoms with van der Waals surface area (Å²) in [6, 6.07) is 8.01. The van der Waals surface area contributed by atoms with Gasteiger partial charge in [-0.15, -0.1) is 11.3 Å². The Morgan fingerprint density at radius 1 is 1.42 bits per heavy atom. The van der Waals surface area contributed by atoms with E-state index in [-0.39, 0.29) is 24.9 Å². The van der Waals surface area contributed by atoms with Gasteiger partial charge < -0.3 is 19.6 Å². The van der Waals surface area contributed by atoms with Gasteiger partial charge in [-0.25, -0.2) is 4.39 Å². The number of aliphatic hydroxyl groups excluding tert-OH is 1. The van der Waals surface area contributed by atoms with Crippen molar-refractivity contribution in [2.75, 3.05) is 13.7 Å². The van der Waals surface area contributed by atoms with Crippen LogP contribution in [0.3, 0.4) is 0 Å². The van der Waals surface area contributed by atoms with E-state index in [0.29, 0.717) is 26.3 Å². The smallest absolute Gasteiger partial charge is 0.261 e. The van der Waals surface area contributed by atoms with Crippen molar-refractivity contribution in [2.45, 2.75) is 12.7 Å². The summed E-state index contributed by atoms with van der Waals surface area (Å²) in [5, 5.41) is 13.0. The first-order chi connectivity index (χ1) is 11.6. The molecule has 0 fully saturated rings. The fourth-order valence-electron chi connectivity index (χ4n) is 2.48. The van der Waals surface area contributed by atoms with Crippen LogP contribution < -0.4 is 5.32 Å². The first kappa shape index (κ1) is 16.6. The summed E-state index contributed by atoms with van der Waals surface area (Å²) in [7, 11) is 1.49. The largest absolute Gasteiger partial charge is 0.467 e. The van der Waals surface area contributed by atoms with E-state index in [1.54, 1.807) is 24.3 Å². The molecule has 0 bridgehead atoms. The molecule has 0 aliphatic rings. The van der Waals surface area contributed by atoms with E-state index in [4.69, 9.17) is 9.15 Å². The summed E-state index contributed by atoms with van der Waals surface area (Å²) < 4.78 is 25.0. The second-order valence-electron chi connectivity index (χ2n) is 5.20. The van der Waals surface area contributed by atoms with Crippen LogP contribution in [-0.2, 0) is 11.3 Å². The number of halogens is 1. The van der Waals surface area contributed by atoms with Gasteiger partial charge in [-0.3, -0.25) is 4.79 Å². The van der Waals surface area contributed by atoms with Crippen molar-refractivity contribution in [2.24, 2.45) is 0 Å². The molecule has 2 heterocycles. The number of furan rings is 1. The monoisotopic (exact) mass is 349 g/mol. The molecule has 1 unspecified atom stereocenters. The molecule has 0 radical (unpaired) electrons. The lowest BCUT2D eigenvalue weighted by molar-refractivity contribution is 0.0901.